The molecule has 28 heavy (non-hydrogen) atoms. The smallest absolute Gasteiger partial charge is 0.258 e. The zero-order valence-corrected chi connectivity index (χ0v) is 14.9. The van der Waals surface area contributed by atoms with E-state index in [1.54, 1.807) is 24.3 Å². The summed E-state index contributed by atoms with van der Waals surface area (Å²) in [6.45, 7) is 8.29. The highest BCUT2D eigenvalue weighted by Gasteiger charge is 2.14. The summed E-state index contributed by atoms with van der Waals surface area (Å²) in [5, 5.41) is 21.7. The molecule has 0 spiro atoms. The third-order valence-electron chi connectivity index (χ3n) is 4.43. The van der Waals surface area contributed by atoms with Crippen molar-refractivity contribution in [1.29, 1.82) is 0 Å². The molecule has 0 aliphatic heterocycles. The topological polar surface area (TPSA) is 86.3 Å². The minimum absolute atomic E-state index is 0.0140. The molecule has 0 amide bonds. The molecule has 0 unspecified atom stereocenters. The summed E-state index contributed by atoms with van der Waals surface area (Å²) in [5.41, 5.74) is 4.62. The van der Waals surface area contributed by atoms with Crippen molar-refractivity contribution >= 4 is 22.5 Å². The maximum Gasteiger partial charge on any atom is 0.269 e. The van der Waals surface area contributed by atoms with Crippen molar-refractivity contribution in [2.75, 3.05) is 0 Å². The van der Waals surface area contributed by atoms with E-state index in [4.69, 9.17) is 0 Å². The van der Waals surface area contributed by atoms with E-state index in [-0.39, 0.29) is 11.4 Å². The second-order valence-corrected chi connectivity index (χ2v) is 6.11. The lowest BCUT2D eigenvalue weighted by Gasteiger charge is -2.15. The Morgan fingerprint density at radius 3 is 1.21 bits per heavy atom. The molecule has 0 aliphatic carbocycles. The lowest BCUT2D eigenvalue weighted by molar-refractivity contribution is -0.385. The first kappa shape index (κ1) is 18.7. The highest BCUT2D eigenvalue weighted by Crippen LogP contribution is 2.32. The molecule has 6 heteroatoms. The van der Waals surface area contributed by atoms with Crippen LogP contribution < -0.4 is 0 Å². The van der Waals surface area contributed by atoms with Crippen LogP contribution >= 0.6 is 0 Å². The molecule has 0 bridgehead atoms. The van der Waals surface area contributed by atoms with E-state index in [0.717, 1.165) is 22.3 Å². The maximum atomic E-state index is 10.8. The minimum atomic E-state index is -0.447. The molecule has 0 heterocycles. The van der Waals surface area contributed by atoms with Gasteiger partial charge < -0.3 is 0 Å². The molecule has 6 nitrogen and oxygen atoms in total. The van der Waals surface area contributed by atoms with Crippen molar-refractivity contribution in [3.63, 3.8) is 0 Å². The second-order valence-electron chi connectivity index (χ2n) is 6.11. The predicted molar refractivity (Wildman–Crippen MR) is 109 cm³/mol. The minimum Gasteiger partial charge on any atom is -0.258 e. The number of benzene rings is 3. The van der Waals surface area contributed by atoms with Gasteiger partial charge in [-0.2, -0.15) is 0 Å². The fraction of sp³-hybridized carbons (Fsp3) is 0. The summed E-state index contributed by atoms with van der Waals surface area (Å²) in [7, 11) is 0. The van der Waals surface area contributed by atoms with Crippen LogP contribution in [0.3, 0.4) is 0 Å². The summed E-state index contributed by atoms with van der Waals surface area (Å²) < 4.78 is 0. The highest BCUT2D eigenvalue weighted by atomic mass is 16.6. The number of nitrogens with zero attached hydrogens (tertiary/aromatic N) is 2. The van der Waals surface area contributed by atoms with Gasteiger partial charge in [-0.05, 0) is 57.7 Å². The molecular formula is C22H16N2O4. The number of nitro groups is 2. The number of hydrogen-bond acceptors (Lipinski definition) is 4. The van der Waals surface area contributed by atoms with Crippen LogP contribution in [0, 0.1) is 20.2 Å². The van der Waals surface area contributed by atoms with Crippen LogP contribution in [0.4, 0.5) is 11.4 Å². The third-order valence-corrected chi connectivity index (χ3v) is 4.43. The van der Waals surface area contributed by atoms with E-state index in [9.17, 15) is 20.2 Å². The van der Waals surface area contributed by atoms with Crippen molar-refractivity contribution in [3.8, 4) is 0 Å². The molecule has 0 saturated carbocycles. The van der Waals surface area contributed by atoms with Gasteiger partial charge in [0.15, 0.2) is 0 Å². The van der Waals surface area contributed by atoms with Gasteiger partial charge in [-0.15, -0.1) is 0 Å². The molecule has 0 radical (unpaired) electrons. The first-order valence-corrected chi connectivity index (χ1v) is 8.35. The summed E-state index contributed by atoms with van der Waals surface area (Å²) in [6, 6.07) is 19.9. The lowest BCUT2D eigenvalue weighted by Crippen LogP contribution is -1.96. The number of hydrogen-bond donors (Lipinski definition) is 0. The molecule has 0 saturated heterocycles. The monoisotopic (exact) mass is 372 g/mol. The second kappa shape index (κ2) is 7.67. The van der Waals surface area contributed by atoms with Crippen molar-refractivity contribution in [3.05, 3.63) is 128 Å². The Morgan fingerprint density at radius 2 is 0.929 bits per heavy atom. The third kappa shape index (κ3) is 3.71. The molecule has 3 rings (SSSR count). The molecule has 0 aliphatic rings. The summed E-state index contributed by atoms with van der Waals surface area (Å²) >= 11 is 0. The average Bonchev–Trinajstić information content (AvgIpc) is 2.72. The normalized spacial score (nSPS) is 10.3. The summed E-state index contributed by atoms with van der Waals surface area (Å²) in [5.74, 6) is 0. The summed E-state index contributed by atoms with van der Waals surface area (Å²) in [4.78, 5) is 20.8. The Kier molecular flexibility index (Phi) is 5.13. The first-order valence-electron chi connectivity index (χ1n) is 8.35. The Balaban J connectivity index is 1.96. The number of rotatable bonds is 6. The van der Waals surface area contributed by atoms with Gasteiger partial charge in [-0.25, -0.2) is 0 Å². The Morgan fingerprint density at radius 1 is 0.607 bits per heavy atom. The Hall–Kier alpha value is -4.06. The van der Waals surface area contributed by atoms with Crippen LogP contribution in [-0.2, 0) is 0 Å². The van der Waals surface area contributed by atoms with Gasteiger partial charge in [0, 0.05) is 24.3 Å². The first-order chi connectivity index (χ1) is 13.4. The lowest BCUT2D eigenvalue weighted by atomic mass is 9.89. The van der Waals surface area contributed by atoms with E-state index in [2.05, 4.69) is 13.2 Å². The zero-order chi connectivity index (χ0) is 20.3. The Bertz CT molecular complexity index is 996. The molecule has 0 N–H and O–H groups in total. The van der Waals surface area contributed by atoms with E-state index >= 15 is 0 Å². The molecule has 0 fully saturated rings. The zero-order valence-electron chi connectivity index (χ0n) is 14.9. The van der Waals surface area contributed by atoms with Gasteiger partial charge in [0.25, 0.3) is 11.4 Å². The SMILES string of the molecule is C=C(c1ccc([N+](=O)[O-])cc1)c1ccccc1C(=C)c1ccc([N+](=O)[O-])cc1. The van der Waals surface area contributed by atoms with Crippen molar-refractivity contribution < 1.29 is 9.85 Å². The molecule has 138 valence electrons. The maximum absolute atomic E-state index is 10.8. The summed E-state index contributed by atoms with van der Waals surface area (Å²) in [6.07, 6.45) is 0. The van der Waals surface area contributed by atoms with Crippen LogP contribution in [-0.4, -0.2) is 9.85 Å². The fourth-order valence-electron chi connectivity index (χ4n) is 2.89. The van der Waals surface area contributed by atoms with Crippen LogP contribution in [0.1, 0.15) is 22.3 Å². The molecule has 0 aromatic heterocycles. The number of non-ortho nitro benzene ring substituents is 2. The van der Waals surface area contributed by atoms with Gasteiger partial charge >= 0.3 is 0 Å². The number of nitro benzene ring substituents is 2. The van der Waals surface area contributed by atoms with E-state index in [1.807, 2.05) is 24.3 Å². The van der Waals surface area contributed by atoms with Crippen molar-refractivity contribution in [2.45, 2.75) is 0 Å². The van der Waals surface area contributed by atoms with Gasteiger partial charge in [0.1, 0.15) is 0 Å². The van der Waals surface area contributed by atoms with Gasteiger partial charge in [0.2, 0.25) is 0 Å². The quantitative estimate of drug-likeness (QED) is 0.415. The van der Waals surface area contributed by atoms with Gasteiger partial charge in [-0.3, -0.25) is 20.2 Å². The molecular weight excluding hydrogens is 356 g/mol. The molecule has 3 aromatic rings. The van der Waals surface area contributed by atoms with Crippen LogP contribution in [0.15, 0.2) is 86.0 Å². The molecule has 3 aromatic carbocycles. The van der Waals surface area contributed by atoms with Gasteiger partial charge in [0.05, 0.1) is 9.85 Å². The largest absolute Gasteiger partial charge is 0.269 e. The van der Waals surface area contributed by atoms with E-state index < -0.39 is 9.85 Å². The fourth-order valence-corrected chi connectivity index (χ4v) is 2.89. The van der Waals surface area contributed by atoms with Gasteiger partial charge in [-0.1, -0.05) is 37.4 Å². The van der Waals surface area contributed by atoms with Crippen LogP contribution in [0.2, 0.25) is 0 Å². The van der Waals surface area contributed by atoms with E-state index in [0.29, 0.717) is 11.1 Å². The molecule has 0 atom stereocenters. The van der Waals surface area contributed by atoms with Crippen molar-refractivity contribution in [1.82, 2.24) is 0 Å². The average molecular weight is 372 g/mol. The predicted octanol–water partition coefficient (Wildman–Crippen LogP) is 5.63. The van der Waals surface area contributed by atoms with Crippen LogP contribution in [0.5, 0.6) is 0 Å². The standard InChI is InChI=1S/C22H16N2O4/c1-15(17-7-11-19(12-8-17)23(25)26)21-5-3-4-6-22(21)16(2)18-9-13-20(14-10-18)24(27)28/h3-14H,1-2H2. The Labute approximate surface area is 161 Å². The highest BCUT2D eigenvalue weighted by molar-refractivity contribution is 5.90. The van der Waals surface area contributed by atoms with E-state index in [1.165, 1.54) is 24.3 Å². The van der Waals surface area contributed by atoms with Crippen molar-refractivity contribution in [2.24, 2.45) is 0 Å². The van der Waals surface area contributed by atoms with Crippen LogP contribution in [0.25, 0.3) is 11.1 Å².